The summed E-state index contributed by atoms with van der Waals surface area (Å²) in [6, 6.07) is 15.6. The van der Waals surface area contributed by atoms with Crippen LogP contribution < -0.4 is 20.1 Å². The highest BCUT2D eigenvalue weighted by Gasteiger charge is 2.09. The van der Waals surface area contributed by atoms with Gasteiger partial charge in [0.15, 0.2) is 11.5 Å². The topological polar surface area (TPSA) is 85.4 Å². The van der Waals surface area contributed by atoms with Crippen molar-refractivity contribution in [2.24, 2.45) is 0 Å². The molecule has 0 atom stereocenters. The number of carbonyl (C=O) groups is 1. The lowest BCUT2D eigenvalue weighted by Gasteiger charge is -2.11. The van der Waals surface area contributed by atoms with Gasteiger partial charge in [0.25, 0.3) is 5.91 Å². The molecule has 29 heavy (non-hydrogen) atoms. The first-order valence-electron chi connectivity index (χ1n) is 9.33. The molecule has 150 valence electrons. The lowest BCUT2D eigenvalue weighted by Crippen LogP contribution is -2.25. The van der Waals surface area contributed by atoms with Gasteiger partial charge in [0.1, 0.15) is 11.5 Å². The summed E-state index contributed by atoms with van der Waals surface area (Å²) in [5, 5.41) is 6.00. The Balaban J connectivity index is 1.51. The first-order valence-corrected chi connectivity index (χ1v) is 9.33. The molecule has 0 spiro atoms. The number of ether oxygens (including phenoxy) is 2. The Labute approximate surface area is 170 Å². The summed E-state index contributed by atoms with van der Waals surface area (Å²) in [4.78, 5) is 20.7. The highest BCUT2D eigenvalue weighted by molar-refractivity contribution is 5.92. The van der Waals surface area contributed by atoms with Gasteiger partial charge in [-0.3, -0.25) is 4.79 Å². The maximum atomic E-state index is 12.2. The van der Waals surface area contributed by atoms with Crippen LogP contribution in [0.3, 0.4) is 0 Å². The molecule has 3 rings (SSSR count). The molecule has 0 aliphatic rings. The fraction of sp³-hybridized carbons (Fsp3) is 0.227. The van der Waals surface area contributed by atoms with Crippen molar-refractivity contribution in [2.75, 3.05) is 26.1 Å². The van der Waals surface area contributed by atoms with Crippen LogP contribution >= 0.6 is 0 Å². The molecule has 0 fully saturated rings. The largest absolute Gasteiger partial charge is 0.493 e. The zero-order chi connectivity index (χ0) is 20.5. The van der Waals surface area contributed by atoms with E-state index in [0.29, 0.717) is 23.9 Å². The lowest BCUT2D eigenvalue weighted by molar-refractivity contribution is 0.0948. The minimum Gasteiger partial charge on any atom is -0.493 e. The number of amides is 1. The third kappa shape index (κ3) is 5.68. The molecule has 1 heterocycles. The van der Waals surface area contributed by atoms with Crippen molar-refractivity contribution in [3.63, 3.8) is 0 Å². The second-order valence-electron chi connectivity index (χ2n) is 6.33. The molecule has 0 aliphatic heterocycles. The van der Waals surface area contributed by atoms with Crippen molar-refractivity contribution in [3.8, 4) is 11.5 Å². The number of aryl methyl sites for hydroxylation is 1. The van der Waals surface area contributed by atoms with Gasteiger partial charge in [-0.25, -0.2) is 9.97 Å². The van der Waals surface area contributed by atoms with Crippen molar-refractivity contribution in [3.05, 3.63) is 72.2 Å². The van der Waals surface area contributed by atoms with Crippen molar-refractivity contribution < 1.29 is 14.3 Å². The van der Waals surface area contributed by atoms with Crippen LogP contribution in [0.4, 0.5) is 11.5 Å². The van der Waals surface area contributed by atoms with Crippen molar-refractivity contribution in [1.29, 1.82) is 0 Å². The van der Waals surface area contributed by atoms with Gasteiger partial charge < -0.3 is 20.1 Å². The smallest absolute Gasteiger partial charge is 0.271 e. The monoisotopic (exact) mass is 392 g/mol. The Morgan fingerprint density at radius 3 is 2.45 bits per heavy atom. The third-order valence-electron chi connectivity index (χ3n) is 4.31. The number of anilines is 2. The lowest BCUT2D eigenvalue weighted by atomic mass is 10.1. The van der Waals surface area contributed by atoms with E-state index in [9.17, 15) is 4.79 Å². The van der Waals surface area contributed by atoms with Gasteiger partial charge >= 0.3 is 0 Å². The molecule has 0 aliphatic carbocycles. The Bertz CT molecular complexity index is 931. The summed E-state index contributed by atoms with van der Waals surface area (Å²) < 4.78 is 10.5. The van der Waals surface area contributed by atoms with E-state index in [2.05, 4.69) is 32.7 Å². The molecular weight excluding hydrogens is 368 g/mol. The molecule has 2 aromatic carbocycles. The van der Waals surface area contributed by atoms with Gasteiger partial charge in [-0.2, -0.15) is 0 Å². The SMILES string of the molecule is COc1ccc(Nc2cnc(C(=O)NCCCc3ccccc3)cn2)cc1OC. The predicted octanol–water partition coefficient (Wildman–Crippen LogP) is 3.60. The van der Waals surface area contributed by atoms with Crippen molar-refractivity contribution in [2.45, 2.75) is 12.8 Å². The zero-order valence-electron chi connectivity index (χ0n) is 16.5. The van der Waals surface area contributed by atoms with Gasteiger partial charge in [-0.1, -0.05) is 30.3 Å². The first kappa shape index (κ1) is 20.1. The van der Waals surface area contributed by atoms with Gasteiger partial charge in [0.05, 0.1) is 26.6 Å². The van der Waals surface area contributed by atoms with Crippen LogP contribution in [-0.2, 0) is 6.42 Å². The number of nitrogens with zero attached hydrogens (tertiary/aromatic N) is 2. The van der Waals surface area contributed by atoms with Gasteiger partial charge in [-0.15, -0.1) is 0 Å². The number of nitrogens with one attached hydrogen (secondary N) is 2. The first-order chi connectivity index (χ1) is 14.2. The van der Waals surface area contributed by atoms with Crippen LogP contribution in [0.15, 0.2) is 60.9 Å². The van der Waals surface area contributed by atoms with Crippen LogP contribution in [0.5, 0.6) is 11.5 Å². The molecule has 0 bridgehead atoms. The highest BCUT2D eigenvalue weighted by atomic mass is 16.5. The Kier molecular flexibility index (Phi) is 7.00. The molecule has 2 N–H and O–H groups in total. The fourth-order valence-electron chi connectivity index (χ4n) is 2.80. The van der Waals surface area contributed by atoms with E-state index in [1.807, 2.05) is 24.3 Å². The fourth-order valence-corrected chi connectivity index (χ4v) is 2.80. The number of rotatable bonds is 9. The van der Waals surface area contributed by atoms with Crippen LogP contribution in [0, 0.1) is 0 Å². The Hall–Kier alpha value is -3.61. The molecular formula is C22H24N4O3. The van der Waals surface area contributed by atoms with Gasteiger partial charge in [0.2, 0.25) is 0 Å². The molecule has 7 nitrogen and oxygen atoms in total. The van der Waals surface area contributed by atoms with E-state index < -0.39 is 0 Å². The van der Waals surface area contributed by atoms with E-state index in [-0.39, 0.29) is 11.6 Å². The summed E-state index contributed by atoms with van der Waals surface area (Å²) in [6.45, 7) is 0.584. The molecule has 3 aromatic rings. The van der Waals surface area contributed by atoms with Crippen LogP contribution in [0.1, 0.15) is 22.5 Å². The summed E-state index contributed by atoms with van der Waals surface area (Å²) in [6.07, 6.45) is 4.76. The van der Waals surface area contributed by atoms with E-state index >= 15 is 0 Å². The number of hydrogen-bond donors (Lipinski definition) is 2. The molecule has 7 heteroatoms. The van der Waals surface area contributed by atoms with Crippen molar-refractivity contribution in [1.82, 2.24) is 15.3 Å². The molecule has 0 unspecified atom stereocenters. The molecule has 0 saturated heterocycles. The van der Waals surface area contributed by atoms with Crippen molar-refractivity contribution >= 4 is 17.4 Å². The number of benzene rings is 2. The third-order valence-corrected chi connectivity index (χ3v) is 4.31. The maximum Gasteiger partial charge on any atom is 0.271 e. The number of aromatic nitrogens is 2. The summed E-state index contributed by atoms with van der Waals surface area (Å²) in [5.74, 6) is 1.54. The van der Waals surface area contributed by atoms with Crippen LogP contribution in [-0.4, -0.2) is 36.6 Å². The molecule has 1 amide bonds. The Morgan fingerprint density at radius 1 is 0.966 bits per heavy atom. The summed E-state index contributed by atoms with van der Waals surface area (Å²) in [7, 11) is 3.16. The standard InChI is InChI=1S/C22H24N4O3/c1-28-19-11-10-17(13-20(19)29-2)26-21-15-24-18(14-25-21)22(27)23-12-6-9-16-7-4-3-5-8-16/h3-5,7-8,10-11,13-15H,6,9,12H2,1-2H3,(H,23,27)(H,25,26). The van der Waals surface area contributed by atoms with E-state index in [1.54, 1.807) is 26.4 Å². The second kappa shape index (κ2) is 10.1. The number of carbonyl (C=O) groups excluding carboxylic acids is 1. The number of methoxy groups -OCH3 is 2. The van der Waals surface area contributed by atoms with Gasteiger partial charge in [0, 0.05) is 18.3 Å². The van der Waals surface area contributed by atoms with Crippen LogP contribution in [0.25, 0.3) is 0 Å². The normalized spacial score (nSPS) is 10.3. The van der Waals surface area contributed by atoms with Gasteiger partial charge in [-0.05, 0) is 30.5 Å². The minimum atomic E-state index is -0.233. The van der Waals surface area contributed by atoms with E-state index in [0.717, 1.165) is 18.5 Å². The minimum absolute atomic E-state index is 0.233. The summed E-state index contributed by atoms with van der Waals surface area (Å²) >= 11 is 0. The van der Waals surface area contributed by atoms with Crippen LogP contribution in [0.2, 0.25) is 0 Å². The maximum absolute atomic E-state index is 12.2. The summed E-state index contributed by atoms with van der Waals surface area (Å²) in [5.41, 5.74) is 2.31. The zero-order valence-corrected chi connectivity index (χ0v) is 16.5. The highest BCUT2D eigenvalue weighted by Crippen LogP contribution is 2.30. The molecule has 0 radical (unpaired) electrons. The van der Waals surface area contributed by atoms with E-state index in [1.165, 1.54) is 18.0 Å². The predicted molar refractivity (Wildman–Crippen MR) is 112 cm³/mol. The average molecular weight is 392 g/mol. The average Bonchev–Trinajstić information content (AvgIpc) is 2.77. The van der Waals surface area contributed by atoms with E-state index in [4.69, 9.17) is 9.47 Å². The molecule has 1 aromatic heterocycles. The quantitative estimate of drug-likeness (QED) is 0.541. The number of hydrogen-bond acceptors (Lipinski definition) is 6. The molecule has 0 saturated carbocycles. The second-order valence-corrected chi connectivity index (χ2v) is 6.33. The Morgan fingerprint density at radius 2 is 1.76 bits per heavy atom.